The fraction of sp³-hybridized carbons (Fsp3) is 0.771. The van der Waals surface area contributed by atoms with Crippen molar-refractivity contribution in [3.63, 3.8) is 0 Å². The number of rotatable bonds is 9. The van der Waals surface area contributed by atoms with E-state index in [-0.39, 0.29) is 12.1 Å². The Morgan fingerprint density at radius 1 is 1.03 bits per heavy atom. The minimum absolute atomic E-state index is 0.0438. The van der Waals surface area contributed by atoms with Gasteiger partial charge in [-0.15, -0.1) is 0 Å². The molecule has 8 atom stereocenters. The van der Waals surface area contributed by atoms with Crippen LogP contribution < -0.4 is 0 Å². The topological polar surface area (TPSA) is 39.2 Å². The Balaban J connectivity index is 1.19. The molecule has 0 bridgehead atoms. The van der Waals surface area contributed by atoms with Crippen LogP contribution in [0.3, 0.4) is 0 Å². The average Bonchev–Trinajstić information content (AvgIpc) is 3.25. The molecule has 3 saturated carbocycles. The summed E-state index contributed by atoms with van der Waals surface area (Å²) >= 11 is 0. The molecular weight excluding hydrogens is 466 g/mol. The molecule has 1 unspecified atom stereocenters. The first kappa shape index (κ1) is 27.9. The molecule has 38 heavy (non-hydrogen) atoms. The SMILES string of the molecule is CC(C)CCCC(C)[C@H]1CC[C@H]2[C@@H]3CC=C4C[C@@H](OC(=O)CCc5ccncc5)CC[C@]4(C)[C@H]3CC[C@]12C. The molecule has 1 heterocycles. The molecule has 0 aliphatic heterocycles. The molecule has 5 rings (SSSR count). The van der Waals surface area contributed by atoms with E-state index in [4.69, 9.17) is 4.74 Å². The van der Waals surface area contributed by atoms with Gasteiger partial charge in [0.2, 0.25) is 0 Å². The normalized spacial score (nSPS) is 37.1. The lowest BCUT2D eigenvalue weighted by molar-refractivity contribution is -0.151. The van der Waals surface area contributed by atoms with Crippen LogP contribution in [0.5, 0.6) is 0 Å². The zero-order valence-electron chi connectivity index (χ0n) is 24.9. The maximum atomic E-state index is 12.6. The zero-order chi connectivity index (χ0) is 26.9. The Morgan fingerprint density at radius 2 is 1.82 bits per heavy atom. The lowest BCUT2D eigenvalue weighted by Crippen LogP contribution is -2.51. The number of esters is 1. The van der Waals surface area contributed by atoms with Crippen molar-refractivity contribution in [1.29, 1.82) is 0 Å². The highest BCUT2D eigenvalue weighted by molar-refractivity contribution is 5.70. The summed E-state index contributed by atoms with van der Waals surface area (Å²) in [4.78, 5) is 16.7. The summed E-state index contributed by atoms with van der Waals surface area (Å²) in [5, 5.41) is 0. The number of fused-ring (bicyclic) bond motifs is 5. The molecule has 3 nitrogen and oxygen atoms in total. The van der Waals surface area contributed by atoms with Crippen LogP contribution in [0.1, 0.15) is 117 Å². The number of hydrogen-bond donors (Lipinski definition) is 0. The molecule has 1 aromatic rings. The van der Waals surface area contributed by atoms with Gasteiger partial charge in [-0.25, -0.2) is 0 Å². The number of aryl methyl sites for hydroxylation is 1. The first-order valence-electron chi connectivity index (χ1n) is 16.0. The third kappa shape index (κ3) is 5.50. The van der Waals surface area contributed by atoms with Gasteiger partial charge in [0.15, 0.2) is 0 Å². The Hall–Kier alpha value is -1.64. The van der Waals surface area contributed by atoms with Crippen LogP contribution in [0, 0.1) is 46.3 Å². The molecule has 4 aliphatic carbocycles. The van der Waals surface area contributed by atoms with E-state index in [9.17, 15) is 4.79 Å². The number of carbonyl (C=O) groups is 1. The van der Waals surface area contributed by atoms with Crippen LogP contribution in [0.4, 0.5) is 0 Å². The Labute approximate surface area is 232 Å². The van der Waals surface area contributed by atoms with Crippen molar-refractivity contribution in [1.82, 2.24) is 4.98 Å². The van der Waals surface area contributed by atoms with Crippen molar-refractivity contribution in [2.24, 2.45) is 46.3 Å². The summed E-state index contributed by atoms with van der Waals surface area (Å²) < 4.78 is 6.02. The Morgan fingerprint density at radius 3 is 2.58 bits per heavy atom. The molecule has 3 heteroatoms. The molecular formula is C35H53NO2. The Bertz CT molecular complexity index is 985. The third-order valence-electron chi connectivity index (χ3n) is 11.9. The molecule has 0 N–H and O–H groups in total. The highest BCUT2D eigenvalue weighted by atomic mass is 16.5. The van der Waals surface area contributed by atoms with Crippen LogP contribution in [-0.2, 0) is 16.0 Å². The van der Waals surface area contributed by atoms with Gasteiger partial charge in [-0.05, 0) is 115 Å². The highest BCUT2D eigenvalue weighted by Crippen LogP contribution is 2.67. The number of aromatic nitrogens is 1. The number of carbonyl (C=O) groups excluding carboxylic acids is 1. The van der Waals surface area contributed by atoms with E-state index in [0.717, 1.165) is 60.3 Å². The number of hydrogen-bond acceptors (Lipinski definition) is 3. The lowest BCUT2D eigenvalue weighted by Gasteiger charge is -2.58. The molecule has 4 aliphatic rings. The molecule has 3 fully saturated rings. The standard InChI is InChI=1S/C35H53NO2/c1-24(2)7-6-8-25(3)30-12-13-31-29-11-10-27-23-28(38-33(37)14-9-26-17-21-36-22-18-26)15-19-34(27,4)32(29)16-20-35(30,31)5/h10,17-18,21-22,24-25,28-32H,6-9,11-16,19-20,23H2,1-5H3/t25?,28-,29-,30+,31-,32-,34-,35+/m0/s1. The van der Waals surface area contributed by atoms with Gasteiger partial charge in [-0.3, -0.25) is 9.78 Å². The van der Waals surface area contributed by atoms with Gasteiger partial charge in [0.1, 0.15) is 6.10 Å². The van der Waals surface area contributed by atoms with Crippen LogP contribution in [-0.4, -0.2) is 17.1 Å². The summed E-state index contributed by atoms with van der Waals surface area (Å²) in [5.74, 6) is 5.15. The maximum Gasteiger partial charge on any atom is 0.306 e. The van der Waals surface area contributed by atoms with Crippen molar-refractivity contribution >= 4 is 5.97 Å². The van der Waals surface area contributed by atoms with E-state index < -0.39 is 0 Å². The van der Waals surface area contributed by atoms with Crippen molar-refractivity contribution in [2.75, 3.05) is 0 Å². The first-order valence-corrected chi connectivity index (χ1v) is 16.0. The van der Waals surface area contributed by atoms with Crippen LogP contribution in [0.2, 0.25) is 0 Å². The van der Waals surface area contributed by atoms with Crippen LogP contribution >= 0.6 is 0 Å². The molecule has 0 amide bonds. The lowest BCUT2D eigenvalue weighted by atomic mass is 9.47. The number of allylic oxidation sites excluding steroid dienone is 1. The van der Waals surface area contributed by atoms with Gasteiger partial charge in [-0.2, -0.15) is 0 Å². The van der Waals surface area contributed by atoms with Crippen LogP contribution in [0.15, 0.2) is 36.2 Å². The van der Waals surface area contributed by atoms with Crippen molar-refractivity contribution in [3.05, 3.63) is 41.7 Å². The summed E-state index contributed by atoms with van der Waals surface area (Å²) in [5.41, 5.74) is 3.61. The minimum Gasteiger partial charge on any atom is -0.462 e. The number of nitrogens with zero attached hydrogens (tertiary/aromatic N) is 1. The van der Waals surface area contributed by atoms with Crippen molar-refractivity contribution in [2.45, 2.75) is 124 Å². The quantitative estimate of drug-likeness (QED) is 0.241. The largest absolute Gasteiger partial charge is 0.462 e. The predicted octanol–water partition coefficient (Wildman–Crippen LogP) is 8.97. The zero-order valence-corrected chi connectivity index (χ0v) is 24.9. The third-order valence-corrected chi connectivity index (χ3v) is 11.9. The first-order chi connectivity index (χ1) is 18.2. The summed E-state index contributed by atoms with van der Waals surface area (Å²) in [6.07, 6.45) is 21.8. The summed E-state index contributed by atoms with van der Waals surface area (Å²) in [6.45, 7) is 12.6. The molecule has 0 spiro atoms. The molecule has 0 aromatic carbocycles. The van der Waals surface area contributed by atoms with Crippen molar-refractivity contribution < 1.29 is 9.53 Å². The van der Waals surface area contributed by atoms with E-state index in [0.29, 0.717) is 17.3 Å². The van der Waals surface area contributed by atoms with E-state index in [1.807, 2.05) is 12.1 Å². The van der Waals surface area contributed by atoms with E-state index >= 15 is 0 Å². The van der Waals surface area contributed by atoms with E-state index in [1.165, 1.54) is 57.8 Å². The van der Waals surface area contributed by atoms with Crippen LogP contribution in [0.25, 0.3) is 0 Å². The summed E-state index contributed by atoms with van der Waals surface area (Å²) in [7, 11) is 0. The van der Waals surface area contributed by atoms with E-state index in [2.05, 4.69) is 45.7 Å². The smallest absolute Gasteiger partial charge is 0.306 e. The number of pyridine rings is 1. The molecule has 210 valence electrons. The number of ether oxygens (including phenoxy) is 1. The average molecular weight is 520 g/mol. The molecule has 1 aromatic heterocycles. The fourth-order valence-corrected chi connectivity index (χ4v) is 9.79. The van der Waals surface area contributed by atoms with Gasteiger partial charge in [-0.1, -0.05) is 65.5 Å². The fourth-order valence-electron chi connectivity index (χ4n) is 9.79. The van der Waals surface area contributed by atoms with Gasteiger partial charge >= 0.3 is 5.97 Å². The highest BCUT2D eigenvalue weighted by Gasteiger charge is 2.59. The Kier molecular flexibility index (Phi) is 8.42. The molecule has 0 radical (unpaired) electrons. The predicted molar refractivity (Wildman–Crippen MR) is 155 cm³/mol. The second kappa shape index (κ2) is 11.5. The molecule has 0 saturated heterocycles. The maximum absolute atomic E-state index is 12.6. The van der Waals surface area contributed by atoms with Crippen molar-refractivity contribution in [3.8, 4) is 0 Å². The van der Waals surface area contributed by atoms with Gasteiger partial charge in [0.25, 0.3) is 0 Å². The van der Waals surface area contributed by atoms with Gasteiger partial charge in [0, 0.05) is 25.2 Å². The second-order valence-corrected chi connectivity index (χ2v) is 14.5. The summed E-state index contributed by atoms with van der Waals surface area (Å²) in [6, 6.07) is 3.97. The minimum atomic E-state index is -0.0438. The van der Waals surface area contributed by atoms with E-state index in [1.54, 1.807) is 18.0 Å². The van der Waals surface area contributed by atoms with Gasteiger partial charge in [0.05, 0.1) is 0 Å². The second-order valence-electron chi connectivity index (χ2n) is 14.5. The monoisotopic (exact) mass is 519 g/mol. The van der Waals surface area contributed by atoms with Gasteiger partial charge < -0.3 is 4.74 Å².